The molecule has 1 aromatic heterocycles. The van der Waals surface area contributed by atoms with E-state index in [0.717, 1.165) is 12.6 Å². The average Bonchev–Trinajstić information content (AvgIpc) is 2.47. The van der Waals surface area contributed by atoms with Crippen LogP contribution < -0.4 is 5.32 Å². The fourth-order valence-electron chi connectivity index (χ4n) is 2.67. The van der Waals surface area contributed by atoms with Crippen LogP contribution in [0.1, 0.15) is 53.8 Å². The van der Waals surface area contributed by atoms with Gasteiger partial charge in [-0.2, -0.15) is 0 Å². The highest BCUT2D eigenvalue weighted by Crippen LogP contribution is 2.29. The molecule has 2 aliphatic rings. The van der Waals surface area contributed by atoms with Gasteiger partial charge in [-0.05, 0) is 50.2 Å². The van der Waals surface area contributed by atoms with E-state index in [1.807, 2.05) is 0 Å². The standard InChI is InChI=1S/C14H21NS/c1-2-5-11-9-13(16-14(11)8-3-1)10-15-12-6-4-7-12/h9,12,15H,1-8,10H2. The normalized spacial score (nSPS) is 21.2. The summed E-state index contributed by atoms with van der Waals surface area (Å²) in [6, 6.07) is 3.29. The van der Waals surface area contributed by atoms with E-state index < -0.39 is 0 Å². The molecule has 0 spiro atoms. The Kier molecular flexibility index (Phi) is 3.30. The van der Waals surface area contributed by atoms with E-state index in [1.54, 1.807) is 15.3 Å². The number of hydrogen-bond donors (Lipinski definition) is 1. The Morgan fingerprint density at radius 2 is 2.00 bits per heavy atom. The lowest BCUT2D eigenvalue weighted by Gasteiger charge is -2.26. The molecule has 1 saturated carbocycles. The molecule has 2 heteroatoms. The molecule has 88 valence electrons. The van der Waals surface area contributed by atoms with Gasteiger partial charge in [-0.25, -0.2) is 0 Å². The maximum atomic E-state index is 3.67. The Bertz CT molecular complexity index is 328. The SMILES string of the molecule is c1c(CNC2CCC2)sc2c1CCCCC2. The summed E-state index contributed by atoms with van der Waals surface area (Å²) in [6.45, 7) is 1.11. The van der Waals surface area contributed by atoms with E-state index in [-0.39, 0.29) is 0 Å². The first-order valence-electron chi connectivity index (χ1n) is 6.75. The Morgan fingerprint density at radius 3 is 2.81 bits per heavy atom. The fourth-order valence-corrected chi connectivity index (χ4v) is 3.89. The van der Waals surface area contributed by atoms with Crippen molar-refractivity contribution < 1.29 is 0 Å². The van der Waals surface area contributed by atoms with Crippen LogP contribution in [0.25, 0.3) is 0 Å². The van der Waals surface area contributed by atoms with Gasteiger partial charge in [0.1, 0.15) is 0 Å². The topological polar surface area (TPSA) is 12.0 Å². The zero-order valence-electron chi connectivity index (χ0n) is 9.93. The van der Waals surface area contributed by atoms with Crippen molar-refractivity contribution in [3.63, 3.8) is 0 Å². The summed E-state index contributed by atoms with van der Waals surface area (Å²) in [4.78, 5) is 3.25. The molecule has 0 aliphatic heterocycles. The average molecular weight is 235 g/mol. The molecule has 0 radical (unpaired) electrons. The minimum atomic E-state index is 0.821. The van der Waals surface area contributed by atoms with E-state index in [2.05, 4.69) is 22.7 Å². The molecule has 2 aliphatic carbocycles. The van der Waals surface area contributed by atoms with E-state index in [1.165, 1.54) is 51.4 Å². The number of nitrogens with one attached hydrogen (secondary N) is 1. The van der Waals surface area contributed by atoms with E-state index >= 15 is 0 Å². The lowest BCUT2D eigenvalue weighted by molar-refractivity contribution is 0.339. The van der Waals surface area contributed by atoms with Crippen molar-refractivity contribution in [2.24, 2.45) is 0 Å². The third kappa shape index (κ3) is 2.33. The third-order valence-corrected chi connectivity index (χ3v) is 5.20. The second-order valence-electron chi connectivity index (χ2n) is 5.23. The number of aryl methyl sites for hydroxylation is 2. The van der Waals surface area contributed by atoms with Crippen LogP contribution in [0.4, 0.5) is 0 Å². The summed E-state index contributed by atoms with van der Waals surface area (Å²) in [5.74, 6) is 0. The van der Waals surface area contributed by atoms with Gasteiger partial charge in [0.2, 0.25) is 0 Å². The number of thiophene rings is 1. The summed E-state index contributed by atoms with van der Waals surface area (Å²) in [5, 5.41) is 3.67. The molecular formula is C14H21NS. The lowest BCUT2D eigenvalue weighted by atomic mass is 9.93. The smallest absolute Gasteiger partial charge is 0.0302 e. The maximum absolute atomic E-state index is 3.67. The first-order chi connectivity index (χ1) is 7.92. The van der Waals surface area contributed by atoms with Gasteiger partial charge in [0.25, 0.3) is 0 Å². The molecule has 1 aromatic rings. The molecule has 1 fully saturated rings. The molecule has 0 aromatic carbocycles. The monoisotopic (exact) mass is 235 g/mol. The number of hydrogen-bond acceptors (Lipinski definition) is 2. The Labute approximate surface area is 102 Å². The molecular weight excluding hydrogens is 214 g/mol. The summed E-state index contributed by atoms with van der Waals surface area (Å²) < 4.78 is 0. The zero-order chi connectivity index (χ0) is 10.8. The van der Waals surface area contributed by atoms with Crippen LogP contribution in [0.15, 0.2) is 6.07 Å². The summed E-state index contributed by atoms with van der Waals surface area (Å²) in [6.07, 6.45) is 11.1. The molecule has 0 atom stereocenters. The van der Waals surface area contributed by atoms with Crippen molar-refractivity contribution >= 4 is 11.3 Å². The van der Waals surface area contributed by atoms with Crippen LogP contribution >= 0.6 is 11.3 Å². The van der Waals surface area contributed by atoms with Gasteiger partial charge in [-0.1, -0.05) is 12.8 Å². The highest BCUT2D eigenvalue weighted by Gasteiger charge is 2.17. The van der Waals surface area contributed by atoms with E-state index in [0.29, 0.717) is 0 Å². The van der Waals surface area contributed by atoms with Gasteiger partial charge in [-0.15, -0.1) is 11.3 Å². The third-order valence-electron chi connectivity index (χ3n) is 3.97. The van der Waals surface area contributed by atoms with Gasteiger partial charge >= 0.3 is 0 Å². The van der Waals surface area contributed by atoms with Crippen LogP contribution in [-0.4, -0.2) is 6.04 Å². The van der Waals surface area contributed by atoms with Crippen LogP contribution in [-0.2, 0) is 19.4 Å². The highest BCUT2D eigenvalue weighted by atomic mass is 32.1. The largest absolute Gasteiger partial charge is 0.309 e. The molecule has 1 N–H and O–H groups in total. The number of rotatable bonds is 3. The molecule has 1 nitrogen and oxygen atoms in total. The second-order valence-corrected chi connectivity index (χ2v) is 6.45. The molecule has 3 rings (SSSR count). The first-order valence-corrected chi connectivity index (χ1v) is 7.57. The molecule has 1 heterocycles. The summed E-state index contributed by atoms with van der Waals surface area (Å²) in [5.41, 5.74) is 1.66. The second kappa shape index (κ2) is 4.89. The molecule has 0 bridgehead atoms. The van der Waals surface area contributed by atoms with Crippen LogP contribution in [0.2, 0.25) is 0 Å². The molecule has 0 unspecified atom stereocenters. The van der Waals surface area contributed by atoms with Crippen molar-refractivity contribution in [1.82, 2.24) is 5.32 Å². The summed E-state index contributed by atoms with van der Waals surface area (Å²) >= 11 is 2.06. The van der Waals surface area contributed by atoms with Crippen molar-refractivity contribution in [1.29, 1.82) is 0 Å². The molecule has 0 amide bonds. The van der Waals surface area contributed by atoms with Gasteiger partial charge in [0.15, 0.2) is 0 Å². The van der Waals surface area contributed by atoms with Crippen LogP contribution in [0, 0.1) is 0 Å². The first kappa shape index (κ1) is 10.8. The van der Waals surface area contributed by atoms with Crippen molar-refractivity contribution in [3.05, 3.63) is 21.4 Å². The Morgan fingerprint density at radius 1 is 1.12 bits per heavy atom. The Balaban J connectivity index is 1.62. The predicted octanol–water partition coefficient (Wildman–Crippen LogP) is 3.66. The molecule has 0 saturated heterocycles. The zero-order valence-corrected chi connectivity index (χ0v) is 10.7. The van der Waals surface area contributed by atoms with E-state index in [4.69, 9.17) is 0 Å². The van der Waals surface area contributed by atoms with E-state index in [9.17, 15) is 0 Å². The Hall–Kier alpha value is -0.340. The quantitative estimate of drug-likeness (QED) is 0.788. The van der Waals surface area contributed by atoms with Gasteiger partial charge < -0.3 is 5.32 Å². The van der Waals surface area contributed by atoms with Crippen LogP contribution in [0.5, 0.6) is 0 Å². The highest BCUT2D eigenvalue weighted by molar-refractivity contribution is 7.12. The predicted molar refractivity (Wildman–Crippen MR) is 70.1 cm³/mol. The maximum Gasteiger partial charge on any atom is 0.0302 e. The van der Waals surface area contributed by atoms with Crippen molar-refractivity contribution in [2.45, 2.75) is 64.0 Å². The fraction of sp³-hybridized carbons (Fsp3) is 0.714. The molecule has 16 heavy (non-hydrogen) atoms. The minimum absolute atomic E-state index is 0.821. The lowest BCUT2D eigenvalue weighted by Crippen LogP contribution is -2.34. The minimum Gasteiger partial charge on any atom is -0.309 e. The van der Waals surface area contributed by atoms with Gasteiger partial charge in [-0.3, -0.25) is 0 Å². The van der Waals surface area contributed by atoms with Crippen molar-refractivity contribution in [3.8, 4) is 0 Å². The van der Waals surface area contributed by atoms with Gasteiger partial charge in [0, 0.05) is 22.3 Å². The van der Waals surface area contributed by atoms with Crippen LogP contribution in [0.3, 0.4) is 0 Å². The summed E-state index contributed by atoms with van der Waals surface area (Å²) in [7, 11) is 0. The number of fused-ring (bicyclic) bond motifs is 1. The van der Waals surface area contributed by atoms with Crippen molar-refractivity contribution in [2.75, 3.05) is 0 Å². The van der Waals surface area contributed by atoms with Gasteiger partial charge in [0.05, 0.1) is 0 Å².